The van der Waals surface area contributed by atoms with Crippen molar-refractivity contribution in [1.29, 1.82) is 0 Å². The monoisotopic (exact) mass is 319 g/mol. The molecule has 2 nitrogen and oxygen atoms in total. The lowest BCUT2D eigenvalue weighted by Crippen LogP contribution is -2.21. The van der Waals surface area contributed by atoms with E-state index in [0.29, 0.717) is 0 Å². The van der Waals surface area contributed by atoms with Gasteiger partial charge in [0.15, 0.2) is 0 Å². The van der Waals surface area contributed by atoms with Crippen molar-refractivity contribution in [3.05, 3.63) is 29.3 Å². The number of rotatable bonds is 10. The van der Waals surface area contributed by atoms with Crippen molar-refractivity contribution in [2.75, 3.05) is 20.2 Å². The highest BCUT2D eigenvalue weighted by atomic mass is 16.5. The van der Waals surface area contributed by atoms with Gasteiger partial charge in [-0.05, 0) is 61.7 Å². The molecule has 0 aliphatic carbocycles. The summed E-state index contributed by atoms with van der Waals surface area (Å²) in [5.74, 6) is 1.07. The summed E-state index contributed by atoms with van der Waals surface area (Å²) in [6.45, 7) is 15.7. The Hall–Kier alpha value is -1.02. The third-order valence-corrected chi connectivity index (χ3v) is 5.34. The molecule has 0 radical (unpaired) electrons. The molecule has 2 heteroatoms. The molecule has 1 N–H and O–H groups in total. The van der Waals surface area contributed by atoms with Crippen molar-refractivity contribution in [2.45, 2.75) is 78.1 Å². The molecule has 0 heterocycles. The molecule has 0 aliphatic rings. The summed E-state index contributed by atoms with van der Waals surface area (Å²) >= 11 is 0. The van der Waals surface area contributed by atoms with E-state index in [1.54, 1.807) is 0 Å². The molecule has 0 fully saturated rings. The first-order valence-corrected chi connectivity index (χ1v) is 9.21. The summed E-state index contributed by atoms with van der Waals surface area (Å²) in [5.41, 5.74) is 3.12. The quantitative estimate of drug-likeness (QED) is 0.580. The van der Waals surface area contributed by atoms with Gasteiger partial charge in [-0.25, -0.2) is 0 Å². The second-order valence-corrected chi connectivity index (χ2v) is 7.84. The highest BCUT2D eigenvalue weighted by Gasteiger charge is 2.26. The maximum absolute atomic E-state index is 6.15. The molecule has 1 rings (SSSR count). The fourth-order valence-corrected chi connectivity index (χ4v) is 2.59. The van der Waals surface area contributed by atoms with Gasteiger partial charge in [0, 0.05) is 5.56 Å². The van der Waals surface area contributed by atoms with Gasteiger partial charge in [-0.3, -0.25) is 0 Å². The second kappa shape index (κ2) is 8.73. The Morgan fingerprint density at radius 2 is 1.61 bits per heavy atom. The average molecular weight is 320 g/mol. The van der Waals surface area contributed by atoms with Gasteiger partial charge >= 0.3 is 0 Å². The Morgan fingerprint density at radius 1 is 0.957 bits per heavy atom. The minimum absolute atomic E-state index is 0.139. The first-order valence-electron chi connectivity index (χ1n) is 9.21. The van der Waals surface area contributed by atoms with Crippen LogP contribution in [-0.4, -0.2) is 20.2 Å². The van der Waals surface area contributed by atoms with Gasteiger partial charge < -0.3 is 10.1 Å². The van der Waals surface area contributed by atoms with Crippen molar-refractivity contribution >= 4 is 0 Å². The zero-order valence-electron chi connectivity index (χ0n) is 16.4. The molecule has 1 aromatic rings. The number of hydrogen-bond acceptors (Lipinski definition) is 2. The largest absolute Gasteiger partial charge is 0.493 e. The van der Waals surface area contributed by atoms with Gasteiger partial charge in [0.25, 0.3) is 0 Å². The van der Waals surface area contributed by atoms with Crippen LogP contribution >= 0.6 is 0 Å². The summed E-state index contributed by atoms with van der Waals surface area (Å²) in [5, 5.41) is 3.19. The molecular weight excluding hydrogens is 282 g/mol. The van der Waals surface area contributed by atoms with E-state index in [4.69, 9.17) is 4.74 Å². The van der Waals surface area contributed by atoms with E-state index in [1.807, 2.05) is 7.05 Å². The van der Waals surface area contributed by atoms with Gasteiger partial charge in [-0.15, -0.1) is 0 Å². The average Bonchev–Trinajstić information content (AvgIpc) is 2.54. The van der Waals surface area contributed by atoms with Crippen LogP contribution in [0, 0.1) is 0 Å². The molecule has 0 spiro atoms. The molecule has 0 atom stereocenters. The van der Waals surface area contributed by atoms with E-state index >= 15 is 0 Å². The van der Waals surface area contributed by atoms with Crippen LogP contribution in [0.2, 0.25) is 0 Å². The Labute approximate surface area is 144 Å². The highest BCUT2D eigenvalue weighted by Crippen LogP contribution is 2.38. The first-order chi connectivity index (χ1) is 10.8. The van der Waals surface area contributed by atoms with Crippen LogP contribution in [-0.2, 0) is 10.8 Å². The van der Waals surface area contributed by atoms with Crippen molar-refractivity contribution in [3.8, 4) is 5.75 Å². The molecule has 0 saturated heterocycles. The van der Waals surface area contributed by atoms with Gasteiger partial charge in [0.05, 0.1) is 6.61 Å². The smallest absolute Gasteiger partial charge is 0.123 e. The van der Waals surface area contributed by atoms with E-state index in [-0.39, 0.29) is 10.8 Å². The molecule has 0 aromatic heterocycles. The van der Waals surface area contributed by atoms with E-state index in [9.17, 15) is 0 Å². The van der Waals surface area contributed by atoms with Crippen LogP contribution in [0.5, 0.6) is 5.75 Å². The van der Waals surface area contributed by atoms with Crippen molar-refractivity contribution in [3.63, 3.8) is 0 Å². The lowest BCUT2D eigenvalue weighted by molar-refractivity contribution is 0.296. The molecule has 0 amide bonds. The molecule has 23 heavy (non-hydrogen) atoms. The normalized spacial score (nSPS) is 12.5. The van der Waals surface area contributed by atoms with Crippen LogP contribution in [0.25, 0.3) is 0 Å². The second-order valence-electron chi connectivity index (χ2n) is 7.84. The van der Waals surface area contributed by atoms with Crippen molar-refractivity contribution in [1.82, 2.24) is 5.32 Å². The van der Waals surface area contributed by atoms with Crippen LogP contribution in [0.1, 0.15) is 78.4 Å². The van der Waals surface area contributed by atoms with Crippen LogP contribution in [0.3, 0.4) is 0 Å². The topological polar surface area (TPSA) is 21.3 Å². The Kier molecular flexibility index (Phi) is 7.60. The van der Waals surface area contributed by atoms with Crippen LogP contribution in [0.4, 0.5) is 0 Å². The van der Waals surface area contributed by atoms with E-state index in [2.05, 4.69) is 65.1 Å². The Balaban J connectivity index is 3.01. The molecule has 0 aliphatic heterocycles. The minimum atomic E-state index is 0.139. The summed E-state index contributed by atoms with van der Waals surface area (Å²) < 4.78 is 6.15. The van der Waals surface area contributed by atoms with E-state index in [1.165, 1.54) is 11.1 Å². The first kappa shape index (κ1) is 20.0. The van der Waals surface area contributed by atoms with Gasteiger partial charge in [-0.2, -0.15) is 0 Å². The predicted molar refractivity (Wildman–Crippen MR) is 102 cm³/mol. The minimum Gasteiger partial charge on any atom is -0.493 e. The number of benzene rings is 1. The zero-order valence-corrected chi connectivity index (χ0v) is 16.4. The lowest BCUT2D eigenvalue weighted by Gasteiger charge is -2.30. The van der Waals surface area contributed by atoms with Gasteiger partial charge in [0.2, 0.25) is 0 Å². The molecule has 0 unspecified atom stereocenters. The Morgan fingerprint density at radius 3 is 2.17 bits per heavy atom. The standard InChI is InChI=1S/C21H37NO/c1-8-20(3,4)17-12-13-19(23-15-11-10-14-22-7)18(16-17)21(5,6)9-2/h12-13,16,22H,8-11,14-15H2,1-7H3. The maximum atomic E-state index is 6.15. The molecular formula is C21H37NO. The number of hydrogen-bond donors (Lipinski definition) is 1. The summed E-state index contributed by atoms with van der Waals surface area (Å²) in [6.07, 6.45) is 4.50. The summed E-state index contributed by atoms with van der Waals surface area (Å²) in [4.78, 5) is 0. The number of unbranched alkanes of at least 4 members (excludes halogenated alkanes) is 1. The maximum Gasteiger partial charge on any atom is 0.123 e. The Bertz CT molecular complexity index is 477. The van der Waals surface area contributed by atoms with Gasteiger partial charge in [0.1, 0.15) is 5.75 Å². The molecule has 0 saturated carbocycles. The van der Waals surface area contributed by atoms with E-state index < -0.39 is 0 Å². The fourth-order valence-electron chi connectivity index (χ4n) is 2.59. The number of nitrogens with one attached hydrogen (secondary N) is 1. The summed E-state index contributed by atoms with van der Waals surface area (Å²) in [7, 11) is 2.00. The third kappa shape index (κ3) is 5.53. The third-order valence-electron chi connectivity index (χ3n) is 5.34. The molecule has 1 aromatic carbocycles. The van der Waals surface area contributed by atoms with Crippen LogP contribution < -0.4 is 10.1 Å². The van der Waals surface area contributed by atoms with Gasteiger partial charge in [-0.1, -0.05) is 53.7 Å². The van der Waals surface area contributed by atoms with E-state index in [0.717, 1.165) is 44.6 Å². The summed E-state index contributed by atoms with van der Waals surface area (Å²) in [6, 6.07) is 6.83. The van der Waals surface area contributed by atoms with Crippen molar-refractivity contribution < 1.29 is 4.74 Å². The van der Waals surface area contributed by atoms with Crippen LogP contribution in [0.15, 0.2) is 18.2 Å². The fraction of sp³-hybridized carbons (Fsp3) is 0.714. The lowest BCUT2D eigenvalue weighted by atomic mass is 9.76. The number of ether oxygens (including phenoxy) is 1. The highest BCUT2D eigenvalue weighted by molar-refractivity contribution is 5.44. The molecule has 0 bridgehead atoms. The SMILES string of the molecule is CCC(C)(C)c1ccc(OCCCCNC)c(C(C)(C)CC)c1. The molecule has 132 valence electrons. The zero-order chi connectivity index (χ0) is 17.5. The predicted octanol–water partition coefficient (Wildman–Crippen LogP) is 5.44. The van der Waals surface area contributed by atoms with Crippen molar-refractivity contribution in [2.24, 2.45) is 0 Å².